The molecule has 1 unspecified atom stereocenters. The molecule has 2 saturated heterocycles. The highest BCUT2D eigenvalue weighted by atomic mass is 16.2. The summed E-state index contributed by atoms with van der Waals surface area (Å²) in [6, 6.07) is 9.44. The second-order valence-corrected chi connectivity index (χ2v) is 6.50. The summed E-state index contributed by atoms with van der Waals surface area (Å²) in [4.78, 5) is 26.3. The lowest BCUT2D eigenvalue weighted by Crippen LogP contribution is -2.45. The van der Waals surface area contributed by atoms with Crippen molar-refractivity contribution >= 4 is 11.8 Å². The number of rotatable bonds is 4. The maximum absolute atomic E-state index is 12.4. The molecular weight excluding hydrogens is 290 g/mol. The van der Waals surface area contributed by atoms with E-state index in [1.807, 2.05) is 35.2 Å². The lowest BCUT2D eigenvalue weighted by atomic mass is 9.96. The van der Waals surface area contributed by atoms with Crippen LogP contribution in [-0.2, 0) is 4.79 Å². The van der Waals surface area contributed by atoms with Crippen LogP contribution in [0.1, 0.15) is 36.0 Å². The van der Waals surface area contributed by atoms with E-state index in [-0.39, 0.29) is 17.9 Å². The summed E-state index contributed by atoms with van der Waals surface area (Å²) in [7, 11) is 0. The van der Waals surface area contributed by atoms with Gasteiger partial charge in [0.15, 0.2) is 0 Å². The smallest absolute Gasteiger partial charge is 0.253 e. The van der Waals surface area contributed by atoms with Crippen LogP contribution in [0.5, 0.6) is 0 Å². The van der Waals surface area contributed by atoms with Crippen LogP contribution in [0.3, 0.4) is 0 Å². The summed E-state index contributed by atoms with van der Waals surface area (Å²) >= 11 is 0. The van der Waals surface area contributed by atoms with Gasteiger partial charge in [0.1, 0.15) is 0 Å². The molecule has 0 aliphatic carbocycles. The van der Waals surface area contributed by atoms with Gasteiger partial charge in [-0.3, -0.25) is 9.59 Å². The third-order valence-electron chi connectivity index (χ3n) is 4.86. The first-order valence-corrected chi connectivity index (χ1v) is 8.59. The van der Waals surface area contributed by atoms with Crippen LogP contribution in [0.25, 0.3) is 0 Å². The normalized spacial score (nSPS) is 22.1. The first-order chi connectivity index (χ1) is 11.2. The number of nitrogens with zero attached hydrogens (tertiary/aromatic N) is 1. The van der Waals surface area contributed by atoms with E-state index in [1.54, 1.807) is 0 Å². The van der Waals surface area contributed by atoms with Crippen molar-refractivity contribution in [1.82, 2.24) is 15.5 Å². The number of benzene rings is 1. The van der Waals surface area contributed by atoms with Crippen molar-refractivity contribution in [2.75, 3.05) is 26.2 Å². The van der Waals surface area contributed by atoms with Gasteiger partial charge >= 0.3 is 0 Å². The predicted molar refractivity (Wildman–Crippen MR) is 89.1 cm³/mol. The third kappa shape index (κ3) is 4.10. The van der Waals surface area contributed by atoms with Crippen LogP contribution >= 0.6 is 0 Å². The molecule has 2 fully saturated rings. The molecule has 0 saturated carbocycles. The SMILES string of the molecule is O=C(NCC1CCN(C(=O)c2ccccc2)CC1)C1CCCN1. The molecule has 5 nitrogen and oxygen atoms in total. The van der Waals surface area contributed by atoms with Crippen molar-refractivity contribution in [3.63, 3.8) is 0 Å². The van der Waals surface area contributed by atoms with E-state index in [1.165, 1.54) is 0 Å². The van der Waals surface area contributed by atoms with Crippen molar-refractivity contribution in [3.05, 3.63) is 35.9 Å². The van der Waals surface area contributed by atoms with E-state index in [0.29, 0.717) is 5.92 Å². The fourth-order valence-corrected chi connectivity index (χ4v) is 3.38. The molecule has 3 rings (SSSR count). The molecule has 1 atom stereocenters. The van der Waals surface area contributed by atoms with E-state index in [0.717, 1.165) is 57.4 Å². The highest BCUT2D eigenvalue weighted by molar-refractivity contribution is 5.94. The van der Waals surface area contributed by atoms with Gasteiger partial charge in [-0.25, -0.2) is 0 Å². The maximum atomic E-state index is 12.4. The zero-order chi connectivity index (χ0) is 16.1. The van der Waals surface area contributed by atoms with Crippen LogP contribution in [0.15, 0.2) is 30.3 Å². The highest BCUT2D eigenvalue weighted by Gasteiger charge is 2.26. The fraction of sp³-hybridized carbons (Fsp3) is 0.556. The largest absolute Gasteiger partial charge is 0.354 e. The molecule has 0 radical (unpaired) electrons. The molecule has 2 amide bonds. The van der Waals surface area contributed by atoms with Crippen LogP contribution in [0.2, 0.25) is 0 Å². The molecule has 0 aromatic heterocycles. The third-order valence-corrected chi connectivity index (χ3v) is 4.86. The molecule has 2 aliphatic heterocycles. The number of hydrogen-bond acceptors (Lipinski definition) is 3. The number of carbonyl (C=O) groups is 2. The average molecular weight is 315 g/mol. The fourth-order valence-electron chi connectivity index (χ4n) is 3.38. The number of amides is 2. The predicted octanol–water partition coefficient (Wildman–Crippen LogP) is 1.41. The molecule has 2 N–H and O–H groups in total. The summed E-state index contributed by atoms with van der Waals surface area (Å²) in [6.45, 7) is 3.22. The summed E-state index contributed by atoms with van der Waals surface area (Å²) in [6.07, 6.45) is 3.93. The number of hydrogen-bond donors (Lipinski definition) is 2. The van der Waals surface area contributed by atoms with Crippen LogP contribution in [0.4, 0.5) is 0 Å². The first kappa shape index (κ1) is 16.0. The Kier molecular flexibility index (Phi) is 5.28. The Balaban J connectivity index is 1.41. The zero-order valence-electron chi connectivity index (χ0n) is 13.5. The van der Waals surface area contributed by atoms with Gasteiger partial charge in [-0.05, 0) is 50.3 Å². The average Bonchev–Trinajstić information content (AvgIpc) is 3.15. The quantitative estimate of drug-likeness (QED) is 0.883. The topological polar surface area (TPSA) is 61.4 Å². The monoisotopic (exact) mass is 315 g/mol. The van der Waals surface area contributed by atoms with Gasteiger partial charge in [0.25, 0.3) is 5.91 Å². The second kappa shape index (κ2) is 7.59. The summed E-state index contributed by atoms with van der Waals surface area (Å²) < 4.78 is 0. The Labute approximate surface area is 137 Å². The van der Waals surface area contributed by atoms with Gasteiger partial charge in [-0.2, -0.15) is 0 Å². The summed E-state index contributed by atoms with van der Waals surface area (Å²) in [5.74, 6) is 0.716. The molecule has 1 aromatic rings. The molecule has 23 heavy (non-hydrogen) atoms. The summed E-state index contributed by atoms with van der Waals surface area (Å²) in [5.41, 5.74) is 0.756. The van der Waals surface area contributed by atoms with Crippen molar-refractivity contribution < 1.29 is 9.59 Å². The lowest BCUT2D eigenvalue weighted by molar-refractivity contribution is -0.123. The van der Waals surface area contributed by atoms with Gasteiger partial charge in [-0.15, -0.1) is 0 Å². The van der Waals surface area contributed by atoms with Crippen LogP contribution in [0, 0.1) is 5.92 Å². The highest BCUT2D eigenvalue weighted by Crippen LogP contribution is 2.18. The molecule has 124 valence electrons. The molecule has 2 heterocycles. The van der Waals surface area contributed by atoms with Crippen molar-refractivity contribution in [2.24, 2.45) is 5.92 Å². The standard InChI is InChI=1S/C18H25N3O2/c22-17(16-7-4-10-19-16)20-13-14-8-11-21(12-9-14)18(23)15-5-2-1-3-6-15/h1-3,5-6,14,16,19H,4,7-13H2,(H,20,22). The van der Waals surface area contributed by atoms with Gasteiger partial charge in [-0.1, -0.05) is 18.2 Å². The molecule has 0 bridgehead atoms. The Hall–Kier alpha value is -1.88. The van der Waals surface area contributed by atoms with E-state index in [9.17, 15) is 9.59 Å². The Morgan fingerprint density at radius 2 is 1.87 bits per heavy atom. The van der Waals surface area contributed by atoms with E-state index < -0.39 is 0 Å². The van der Waals surface area contributed by atoms with E-state index in [4.69, 9.17) is 0 Å². The molecule has 1 aromatic carbocycles. The van der Waals surface area contributed by atoms with Crippen molar-refractivity contribution in [1.29, 1.82) is 0 Å². The zero-order valence-corrected chi connectivity index (χ0v) is 13.5. The maximum Gasteiger partial charge on any atom is 0.253 e. The van der Waals surface area contributed by atoms with Crippen molar-refractivity contribution in [3.8, 4) is 0 Å². The minimum atomic E-state index is -0.00486. The molecule has 0 spiro atoms. The number of likely N-dealkylation sites (tertiary alicyclic amines) is 1. The van der Waals surface area contributed by atoms with Gasteiger partial charge in [0.2, 0.25) is 5.91 Å². The minimum absolute atomic E-state index is 0.00486. The summed E-state index contributed by atoms with van der Waals surface area (Å²) in [5, 5.41) is 6.28. The van der Waals surface area contributed by atoms with Crippen molar-refractivity contribution in [2.45, 2.75) is 31.7 Å². The van der Waals surface area contributed by atoms with Gasteiger partial charge in [0.05, 0.1) is 6.04 Å². The second-order valence-electron chi connectivity index (χ2n) is 6.50. The van der Waals surface area contributed by atoms with Gasteiger partial charge in [0, 0.05) is 25.2 Å². The molecule has 2 aliphatic rings. The Morgan fingerprint density at radius 1 is 1.13 bits per heavy atom. The lowest BCUT2D eigenvalue weighted by Gasteiger charge is -2.32. The Bertz CT molecular complexity index is 532. The number of nitrogens with one attached hydrogen (secondary N) is 2. The van der Waals surface area contributed by atoms with Crippen LogP contribution < -0.4 is 10.6 Å². The molecule has 5 heteroatoms. The minimum Gasteiger partial charge on any atom is -0.354 e. The Morgan fingerprint density at radius 3 is 2.52 bits per heavy atom. The van der Waals surface area contributed by atoms with E-state index in [2.05, 4.69) is 10.6 Å². The molecular formula is C18H25N3O2. The van der Waals surface area contributed by atoms with Crippen LogP contribution in [-0.4, -0.2) is 48.9 Å². The van der Waals surface area contributed by atoms with Gasteiger partial charge < -0.3 is 15.5 Å². The number of carbonyl (C=O) groups excluding carboxylic acids is 2. The number of piperidine rings is 1. The first-order valence-electron chi connectivity index (χ1n) is 8.59. The van der Waals surface area contributed by atoms with E-state index >= 15 is 0 Å².